The number of benzene rings is 1. The van der Waals surface area contributed by atoms with Crippen molar-refractivity contribution in [3.05, 3.63) is 47.2 Å². The van der Waals surface area contributed by atoms with E-state index in [0.717, 1.165) is 18.4 Å². The van der Waals surface area contributed by atoms with Crippen molar-refractivity contribution in [2.24, 2.45) is 5.92 Å². The molecule has 0 atom stereocenters. The number of anilines is 1. The molecule has 2 aromatic rings. The third-order valence-electron chi connectivity index (χ3n) is 5.11. The summed E-state index contributed by atoms with van der Waals surface area (Å²) in [4.78, 5) is 12.5. The van der Waals surface area contributed by atoms with Crippen LogP contribution in [-0.2, 0) is 27.5 Å². The normalized spacial score (nSPS) is 16.6. The Balaban J connectivity index is 1.63. The zero-order valence-electron chi connectivity index (χ0n) is 16.6. The quantitative estimate of drug-likeness (QED) is 0.769. The van der Waals surface area contributed by atoms with Crippen LogP contribution in [0.4, 0.5) is 19.0 Å². The lowest BCUT2D eigenvalue weighted by Crippen LogP contribution is -2.40. The van der Waals surface area contributed by atoms with Gasteiger partial charge in [-0.05, 0) is 37.5 Å². The molecule has 0 bridgehead atoms. The number of nitrogens with one attached hydrogen (secondary N) is 1. The lowest BCUT2D eigenvalue weighted by atomic mass is 9.97. The van der Waals surface area contributed by atoms with Crippen LogP contribution in [0, 0.1) is 12.8 Å². The first-order chi connectivity index (χ1) is 13.9. The first kappa shape index (κ1) is 22.3. The topological polar surface area (TPSA) is 84.3 Å². The van der Waals surface area contributed by atoms with Gasteiger partial charge in [0.25, 0.3) is 0 Å². The molecule has 0 aliphatic carbocycles. The van der Waals surface area contributed by atoms with Crippen molar-refractivity contribution in [2.45, 2.75) is 32.5 Å². The number of carbonyl (C=O) groups excluding carboxylic acids is 1. The Morgan fingerprint density at radius 1 is 1.23 bits per heavy atom. The van der Waals surface area contributed by atoms with Gasteiger partial charge in [-0.2, -0.15) is 18.3 Å². The molecule has 1 fully saturated rings. The predicted molar refractivity (Wildman–Crippen MR) is 105 cm³/mol. The highest BCUT2D eigenvalue weighted by Gasteiger charge is 2.31. The Kier molecular flexibility index (Phi) is 6.23. The van der Waals surface area contributed by atoms with Crippen LogP contribution < -0.4 is 5.32 Å². The summed E-state index contributed by atoms with van der Waals surface area (Å²) in [5, 5.41) is 7.01. The van der Waals surface area contributed by atoms with Gasteiger partial charge in [-0.3, -0.25) is 9.48 Å². The fraction of sp³-hybridized carbons (Fsp3) is 0.474. The van der Waals surface area contributed by atoms with Crippen LogP contribution in [0.5, 0.6) is 0 Å². The second-order valence-corrected chi connectivity index (χ2v) is 9.43. The minimum atomic E-state index is -4.42. The molecule has 3 rings (SSSR count). The Bertz CT molecular complexity index is 1030. The number of aryl methyl sites for hydroxylation is 1. The lowest BCUT2D eigenvalue weighted by molar-refractivity contribution is -0.137. The van der Waals surface area contributed by atoms with Crippen LogP contribution in [0.1, 0.15) is 29.7 Å². The highest BCUT2D eigenvalue weighted by Crippen LogP contribution is 2.30. The Labute approximate surface area is 172 Å². The van der Waals surface area contributed by atoms with E-state index >= 15 is 0 Å². The number of carbonyl (C=O) groups is 1. The summed E-state index contributed by atoms with van der Waals surface area (Å²) < 4.78 is 64.7. The van der Waals surface area contributed by atoms with Crippen LogP contribution in [0.2, 0.25) is 0 Å². The van der Waals surface area contributed by atoms with Crippen molar-refractivity contribution >= 4 is 21.7 Å². The standard InChI is InChI=1S/C19H23F3N4O3S/c1-13-10-17(23-18(27)15-6-8-25(9-7-15)30(2,28)29)24-26(13)12-14-4-3-5-16(11-14)19(20,21)22/h3-5,10-11,15H,6-9,12H2,1-2H3,(H,23,24,27). The molecule has 11 heteroatoms. The summed E-state index contributed by atoms with van der Waals surface area (Å²) in [5.41, 5.74) is 0.412. The Morgan fingerprint density at radius 3 is 2.50 bits per heavy atom. The number of hydrogen-bond acceptors (Lipinski definition) is 4. The lowest BCUT2D eigenvalue weighted by Gasteiger charge is -2.29. The molecule has 1 N–H and O–H groups in total. The molecule has 0 saturated carbocycles. The van der Waals surface area contributed by atoms with E-state index in [-0.39, 0.29) is 18.4 Å². The summed E-state index contributed by atoms with van der Waals surface area (Å²) in [6.45, 7) is 2.47. The zero-order chi connectivity index (χ0) is 22.1. The van der Waals surface area contributed by atoms with Gasteiger partial charge in [0.2, 0.25) is 15.9 Å². The number of piperidine rings is 1. The average molecular weight is 444 g/mol. The maximum Gasteiger partial charge on any atom is 0.416 e. The van der Waals surface area contributed by atoms with Crippen molar-refractivity contribution in [2.75, 3.05) is 24.7 Å². The molecular weight excluding hydrogens is 421 g/mol. The van der Waals surface area contributed by atoms with Crippen molar-refractivity contribution in [3.8, 4) is 0 Å². The minimum Gasteiger partial charge on any atom is -0.309 e. The number of alkyl halides is 3. The fourth-order valence-corrected chi connectivity index (χ4v) is 4.30. The molecule has 1 saturated heterocycles. The molecule has 0 radical (unpaired) electrons. The van der Waals surface area contributed by atoms with Crippen molar-refractivity contribution < 1.29 is 26.4 Å². The smallest absolute Gasteiger partial charge is 0.309 e. The third-order valence-corrected chi connectivity index (χ3v) is 6.42. The molecule has 1 aliphatic heterocycles. The molecule has 0 unspecified atom stereocenters. The summed E-state index contributed by atoms with van der Waals surface area (Å²) in [7, 11) is -3.26. The van der Waals surface area contributed by atoms with E-state index in [1.165, 1.54) is 15.1 Å². The van der Waals surface area contributed by atoms with Crippen LogP contribution >= 0.6 is 0 Å². The molecule has 2 heterocycles. The Hall–Kier alpha value is -2.40. The van der Waals surface area contributed by atoms with Gasteiger partial charge in [0, 0.05) is 30.8 Å². The van der Waals surface area contributed by atoms with Gasteiger partial charge in [0.15, 0.2) is 5.82 Å². The molecule has 7 nitrogen and oxygen atoms in total. The molecule has 1 aromatic carbocycles. The van der Waals surface area contributed by atoms with E-state index in [1.54, 1.807) is 19.1 Å². The molecule has 1 aliphatic rings. The van der Waals surface area contributed by atoms with E-state index < -0.39 is 21.8 Å². The molecular formula is C19H23F3N4O3S. The van der Waals surface area contributed by atoms with Gasteiger partial charge >= 0.3 is 6.18 Å². The SMILES string of the molecule is Cc1cc(NC(=O)C2CCN(S(C)(=O)=O)CC2)nn1Cc1cccc(C(F)(F)F)c1. The van der Waals surface area contributed by atoms with Gasteiger partial charge in [-0.15, -0.1) is 0 Å². The summed E-state index contributed by atoms with van der Waals surface area (Å²) >= 11 is 0. The summed E-state index contributed by atoms with van der Waals surface area (Å²) in [6, 6.07) is 6.68. The highest BCUT2D eigenvalue weighted by molar-refractivity contribution is 7.88. The van der Waals surface area contributed by atoms with Gasteiger partial charge in [0.1, 0.15) is 0 Å². The molecule has 164 valence electrons. The Morgan fingerprint density at radius 2 is 1.90 bits per heavy atom. The molecule has 0 spiro atoms. The number of sulfonamides is 1. The maximum atomic E-state index is 12.9. The number of aromatic nitrogens is 2. The highest BCUT2D eigenvalue weighted by atomic mass is 32.2. The molecule has 1 amide bonds. The summed E-state index contributed by atoms with van der Waals surface area (Å²) in [6.07, 6.45) is -2.43. The van der Waals surface area contributed by atoms with Crippen LogP contribution in [0.25, 0.3) is 0 Å². The van der Waals surface area contributed by atoms with E-state index in [1.807, 2.05) is 0 Å². The number of hydrogen-bond donors (Lipinski definition) is 1. The van der Waals surface area contributed by atoms with Crippen LogP contribution in [0.3, 0.4) is 0 Å². The number of nitrogens with zero attached hydrogens (tertiary/aromatic N) is 3. The van der Waals surface area contributed by atoms with E-state index in [2.05, 4.69) is 10.4 Å². The third kappa shape index (κ3) is 5.39. The monoisotopic (exact) mass is 444 g/mol. The van der Waals surface area contributed by atoms with Crippen LogP contribution in [0.15, 0.2) is 30.3 Å². The fourth-order valence-electron chi connectivity index (χ4n) is 3.43. The first-order valence-corrected chi connectivity index (χ1v) is 11.2. The van der Waals surface area contributed by atoms with E-state index in [4.69, 9.17) is 0 Å². The predicted octanol–water partition coefficient (Wildman–Crippen LogP) is 2.87. The average Bonchev–Trinajstić information content (AvgIpc) is 2.99. The second kappa shape index (κ2) is 8.38. The number of rotatable bonds is 5. The van der Waals surface area contributed by atoms with Crippen molar-refractivity contribution in [1.82, 2.24) is 14.1 Å². The maximum absolute atomic E-state index is 12.9. The van der Waals surface area contributed by atoms with Crippen molar-refractivity contribution in [1.29, 1.82) is 0 Å². The van der Waals surface area contributed by atoms with Gasteiger partial charge < -0.3 is 5.32 Å². The van der Waals surface area contributed by atoms with Gasteiger partial charge in [-0.1, -0.05) is 12.1 Å². The van der Waals surface area contributed by atoms with Gasteiger partial charge in [0.05, 0.1) is 18.4 Å². The number of amides is 1. The van der Waals surface area contributed by atoms with E-state index in [0.29, 0.717) is 43.0 Å². The minimum absolute atomic E-state index is 0.137. The van der Waals surface area contributed by atoms with Crippen molar-refractivity contribution in [3.63, 3.8) is 0 Å². The zero-order valence-corrected chi connectivity index (χ0v) is 17.4. The van der Waals surface area contributed by atoms with E-state index in [9.17, 15) is 26.4 Å². The number of halogens is 3. The molecule has 1 aromatic heterocycles. The first-order valence-electron chi connectivity index (χ1n) is 9.40. The van der Waals surface area contributed by atoms with Crippen LogP contribution in [-0.4, -0.2) is 47.8 Å². The molecule has 30 heavy (non-hydrogen) atoms. The van der Waals surface area contributed by atoms with Gasteiger partial charge in [-0.25, -0.2) is 12.7 Å². The summed E-state index contributed by atoms with van der Waals surface area (Å²) in [5.74, 6) is -0.251. The largest absolute Gasteiger partial charge is 0.416 e. The second-order valence-electron chi connectivity index (χ2n) is 7.45.